The van der Waals surface area contributed by atoms with Gasteiger partial charge in [-0.05, 0) is 0 Å². The summed E-state index contributed by atoms with van der Waals surface area (Å²) in [5.74, 6) is 0. The Hall–Kier alpha value is -0.490. The van der Waals surface area contributed by atoms with Gasteiger partial charge < -0.3 is 0 Å². The summed E-state index contributed by atoms with van der Waals surface area (Å²) >= 11 is 0. The van der Waals surface area contributed by atoms with Gasteiger partial charge in [0.05, 0.1) is 0 Å². The minimum Gasteiger partial charge on any atom is -0.227 e. The standard InChI is InChI=1S/C3HF7/c4-1(2(5,6)7)3(8,9)10/h1H/i5-1. The van der Waals surface area contributed by atoms with E-state index in [-0.39, 0.29) is 0 Å². The maximum absolute atomic E-state index is 11.2. The van der Waals surface area contributed by atoms with Crippen molar-refractivity contribution in [1.82, 2.24) is 0 Å². The molecule has 0 bridgehead atoms. The molecule has 0 aromatic carbocycles. The molecule has 0 aliphatic rings. The Labute approximate surface area is 50.6 Å². The van der Waals surface area contributed by atoms with Crippen LogP contribution < -0.4 is 0 Å². The van der Waals surface area contributed by atoms with Crippen LogP contribution in [0.15, 0.2) is 0 Å². The van der Waals surface area contributed by atoms with Crippen LogP contribution >= 0.6 is 0 Å². The van der Waals surface area contributed by atoms with Crippen LogP contribution in [0, 0.1) is 0 Å². The first kappa shape index (κ1) is 9.51. The first-order chi connectivity index (χ1) is 4.15. The van der Waals surface area contributed by atoms with Gasteiger partial charge in [-0.15, -0.1) is 0 Å². The van der Waals surface area contributed by atoms with E-state index < -0.39 is 18.5 Å². The van der Waals surface area contributed by atoms with Crippen molar-refractivity contribution in [2.45, 2.75) is 18.5 Å². The lowest BCUT2D eigenvalue weighted by Crippen LogP contribution is -2.38. The fourth-order valence-electron chi connectivity index (χ4n) is 0.186. The minimum absolute atomic E-state index is 4.74. The van der Waals surface area contributed by atoms with Gasteiger partial charge in [0.15, 0.2) is 0 Å². The Morgan fingerprint density at radius 2 is 0.900 bits per heavy atom. The van der Waals surface area contributed by atoms with Gasteiger partial charge in [0, 0.05) is 0 Å². The minimum atomic E-state index is -5.85. The molecule has 0 aromatic heterocycles. The first-order valence-corrected chi connectivity index (χ1v) is 1.93. The van der Waals surface area contributed by atoms with Crippen molar-refractivity contribution < 1.29 is 30.7 Å². The highest BCUT2D eigenvalue weighted by atomic mass is 19.4. The summed E-state index contributed by atoms with van der Waals surface area (Å²) in [5.41, 5.74) is 0. The summed E-state index contributed by atoms with van der Waals surface area (Å²) in [6, 6.07) is 0. The van der Waals surface area contributed by atoms with Gasteiger partial charge in [-0.3, -0.25) is 0 Å². The van der Waals surface area contributed by atoms with Crippen LogP contribution in [0.2, 0.25) is 0 Å². The molecule has 10 heavy (non-hydrogen) atoms. The Morgan fingerprint density at radius 1 is 0.700 bits per heavy atom. The number of alkyl halides is 7. The van der Waals surface area contributed by atoms with Crippen molar-refractivity contribution in [3.8, 4) is 0 Å². The van der Waals surface area contributed by atoms with E-state index in [1.807, 2.05) is 0 Å². The van der Waals surface area contributed by atoms with Crippen LogP contribution in [0.5, 0.6) is 0 Å². The average molecular weight is 169 g/mol. The van der Waals surface area contributed by atoms with Crippen molar-refractivity contribution >= 4 is 0 Å². The van der Waals surface area contributed by atoms with Gasteiger partial charge in [-0.1, -0.05) is 0 Å². The molecule has 7 heteroatoms. The van der Waals surface area contributed by atoms with Gasteiger partial charge in [0.25, 0.3) is 6.17 Å². The molecule has 1 atom stereocenters. The van der Waals surface area contributed by atoms with Crippen molar-refractivity contribution in [2.75, 3.05) is 0 Å². The molecule has 0 aliphatic carbocycles. The average Bonchev–Trinajstić information content (AvgIpc) is 1.59. The molecule has 0 N–H and O–H groups in total. The van der Waals surface area contributed by atoms with E-state index in [1.54, 1.807) is 0 Å². The summed E-state index contributed by atoms with van der Waals surface area (Å²) < 4.78 is 76.3. The number of rotatable bonds is 0. The summed E-state index contributed by atoms with van der Waals surface area (Å²) in [6.45, 7) is 0. The quantitative estimate of drug-likeness (QED) is 0.488. The normalized spacial score (nSPS) is 17.1. The Bertz CT molecular complexity index is 93.0. The second kappa shape index (κ2) is 2.28. The largest absolute Gasteiger partial charge is 0.428 e. The Kier molecular flexibility index (Phi) is 2.17. The van der Waals surface area contributed by atoms with Crippen LogP contribution in [-0.4, -0.2) is 18.5 Å². The number of hydrogen-bond donors (Lipinski definition) is 0. The highest BCUT2D eigenvalue weighted by Crippen LogP contribution is 2.35. The van der Waals surface area contributed by atoms with Crippen molar-refractivity contribution in [3.63, 3.8) is 0 Å². The predicted molar refractivity (Wildman–Crippen MR) is 17.0 cm³/mol. The summed E-state index contributed by atoms with van der Waals surface area (Å²) in [5, 5.41) is 0. The van der Waals surface area contributed by atoms with Crippen LogP contribution in [0.25, 0.3) is 0 Å². The number of halogens is 7. The van der Waals surface area contributed by atoms with Gasteiger partial charge in [0.1, 0.15) is 0 Å². The lowest BCUT2D eigenvalue weighted by Gasteiger charge is -2.14. The Balaban J connectivity index is 4.23. The van der Waals surface area contributed by atoms with E-state index in [1.165, 1.54) is 0 Å². The summed E-state index contributed by atoms with van der Waals surface area (Å²) in [4.78, 5) is 0. The zero-order valence-corrected chi connectivity index (χ0v) is 4.22. The molecule has 0 saturated carbocycles. The number of hydrogen-bond acceptors (Lipinski definition) is 0. The van der Waals surface area contributed by atoms with Crippen LogP contribution in [-0.2, 0) is 0 Å². The lowest BCUT2D eigenvalue weighted by molar-refractivity contribution is -0.285. The fourth-order valence-corrected chi connectivity index (χ4v) is 0.186. The van der Waals surface area contributed by atoms with Crippen molar-refractivity contribution in [2.24, 2.45) is 0 Å². The zero-order valence-electron chi connectivity index (χ0n) is 4.22. The molecule has 0 heterocycles. The third-order valence-corrected chi connectivity index (χ3v) is 0.575. The van der Waals surface area contributed by atoms with E-state index in [0.717, 1.165) is 0 Å². The van der Waals surface area contributed by atoms with Crippen LogP contribution in [0.1, 0.15) is 0 Å². The molecular weight excluding hydrogens is 168 g/mol. The van der Waals surface area contributed by atoms with Gasteiger partial charge in [-0.2, -0.15) is 26.3 Å². The Morgan fingerprint density at radius 3 is 0.900 bits per heavy atom. The molecule has 0 saturated heterocycles. The lowest BCUT2D eigenvalue weighted by atomic mass is 10.4. The van der Waals surface area contributed by atoms with E-state index in [9.17, 15) is 30.7 Å². The predicted octanol–water partition coefficient (Wildman–Crippen LogP) is 2.45. The van der Waals surface area contributed by atoms with Gasteiger partial charge >= 0.3 is 12.4 Å². The molecule has 0 rings (SSSR count). The zero-order chi connectivity index (χ0) is 8.58. The molecule has 0 aromatic rings. The molecule has 62 valence electrons. The molecule has 0 radical (unpaired) electrons. The van der Waals surface area contributed by atoms with Gasteiger partial charge in [-0.25, -0.2) is 4.39 Å². The second-order valence-corrected chi connectivity index (χ2v) is 1.45. The monoisotopic (exact) mass is 169 g/mol. The van der Waals surface area contributed by atoms with Crippen molar-refractivity contribution in [1.29, 1.82) is 0 Å². The van der Waals surface area contributed by atoms with E-state index >= 15 is 0 Å². The smallest absolute Gasteiger partial charge is 0.227 e. The van der Waals surface area contributed by atoms with Crippen molar-refractivity contribution in [3.05, 3.63) is 0 Å². The fraction of sp³-hybridized carbons (Fsp3) is 1.00. The molecule has 0 aliphatic heterocycles. The highest BCUT2D eigenvalue weighted by molar-refractivity contribution is 4.73. The molecule has 0 nitrogen and oxygen atoms in total. The maximum atomic E-state index is 11.2. The topological polar surface area (TPSA) is 0 Å². The van der Waals surface area contributed by atoms with Crippen LogP contribution in [0.3, 0.4) is 0 Å². The molecule has 0 fully saturated rings. The third kappa shape index (κ3) is 2.40. The summed E-state index contributed by atoms with van der Waals surface area (Å²) in [7, 11) is 0. The summed E-state index contributed by atoms with van der Waals surface area (Å²) in [6.07, 6.45) is -16.4. The maximum Gasteiger partial charge on any atom is 0.428 e. The van der Waals surface area contributed by atoms with E-state index in [0.29, 0.717) is 0 Å². The first-order valence-electron chi connectivity index (χ1n) is 1.93. The highest BCUT2D eigenvalue weighted by Gasteiger charge is 2.57. The van der Waals surface area contributed by atoms with Crippen LogP contribution in [0.4, 0.5) is 30.7 Å². The molecule has 0 amide bonds. The molecule has 1 unspecified atom stereocenters. The SMILES string of the molecule is FC(C(F)(F)F)C(F)(F)[18F]. The van der Waals surface area contributed by atoms with E-state index in [2.05, 4.69) is 0 Å². The third-order valence-electron chi connectivity index (χ3n) is 0.575. The molecular formula is C3HF7. The van der Waals surface area contributed by atoms with Gasteiger partial charge in [0.2, 0.25) is 0 Å². The van der Waals surface area contributed by atoms with E-state index in [4.69, 9.17) is 0 Å². The molecule has 0 spiro atoms. The second-order valence-electron chi connectivity index (χ2n) is 1.45.